The SMILES string of the molecule is CN=C(NCC(=O)NC)N1CCN(C(C)(C)C(N)=O)CC1.I. The van der Waals surface area contributed by atoms with Gasteiger partial charge in [-0.2, -0.15) is 0 Å². The van der Waals surface area contributed by atoms with Gasteiger partial charge in [-0.1, -0.05) is 0 Å². The van der Waals surface area contributed by atoms with Crippen LogP contribution in [0.15, 0.2) is 4.99 Å². The number of hydrogen-bond acceptors (Lipinski definition) is 4. The number of carbonyl (C=O) groups is 2. The third-order valence-corrected chi connectivity index (χ3v) is 3.87. The molecule has 0 radical (unpaired) electrons. The van der Waals surface area contributed by atoms with Crippen LogP contribution in [0.25, 0.3) is 0 Å². The van der Waals surface area contributed by atoms with Gasteiger partial charge in [0.15, 0.2) is 5.96 Å². The van der Waals surface area contributed by atoms with Crippen molar-refractivity contribution in [2.75, 3.05) is 46.8 Å². The topological polar surface area (TPSA) is 103 Å². The van der Waals surface area contributed by atoms with Crippen LogP contribution in [0.3, 0.4) is 0 Å². The smallest absolute Gasteiger partial charge is 0.239 e. The van der Waals surface area contributed by atoms with Crippen LogP contribution >= 0.6 is 24.0 Å². The number of rotatable bonds is 4. The van der Waals surface area contributed by atoms with Gasteiger partial charge >= 0.3 is 0 Å². The van der Waals surface area contributed by atoms with Crippen LogP contribution in [0.2, 0.25) is 0 Å². The van der Waals surface area contributed by atoms with Crippen molar-refractivity contribution < 1.29 is 9.59 Å². The monoisotopic (exact) mass is 426 g/mol. The number of aliphatic imine (C=N–C) groups is 1. The predicted molar refractivity (Wildman–Crippen MR) is 97.3 cm³/mol. The number of nitrogens with two attached hydrogens (primary N) is 1. The second kappa shape index (κ2) is 9.13. The van der Waals surface area contributed by atoms with Crippen molar-refractivity contribution in [3.05, 3.63) is 0 Å². The van der Waals surface area contributed by atoms with E-state index in [1.807, 2.05) is 13.8 Å². The van der Waals surface area contributed by atoms with Crippen LogP contribution in [-0.4, -0.2) is 79.9 Å². The lowest BCUT2D eigenvalue weighted by atomic mass is 10.0. The summed E-state index contributed by atoms with van der Waals surface area (Å²) in [6.45, 7) is 6.75. The van der Waals surface area contributed by atoms with E-state index in [4.69, 9.17) is 5.73 Å². The molecule has 0 aromatic heterocycles. The molecule has 0 spiro atoms. The average Bonchev–Trinajstić information content (AvgIpc) is 2.47. The summed E-state index contributed by atoms with van der Waals surface area (Å²) < 4.78 is 0. The van der Waals surface area contributed by atoms with Crippen LogP contribution in [0, 0.1) is 0 Å². The van der Waals surface area contributed by atoms with Gasteiger partial charge in [-0.25, -0.2) is 0 Å². The van der Waals surface area contributed by atoms with Crippen molar-refractivity contribution in [3.63, 3.8) is 0 Å². The Morgan fingerprint density at radius 2 is 1.77 bits per heavy atom. The summed E-state index contributed by atoms with van der Waals surface area (Å²) in [5.41, 5.74) is 4.80. The summed E-state index contributed by atoms with van der Waals surface area (Å²) >= 11 is 0. The van der Waals surface area contributed by atoms with E-state index in [1.165, 1.54) is 0 Å². The van der Waals surface area contributed by atoms with Crippen molar-refractivity contribution in [2.24, 2.45) is 10.7 Å². The van der Waals surface area contributed by atoms with Crippen molar-refractivity contribution in [1.82, 2.24) is 20.4 Å². The molecule has 0 bridgehead atoms. The maximum Gasteiger partial charge on any atom is 0.239 e. The van der Waals surface area contributed by atoms with Crippen molar-refractivity contribution in [2.45, 2.75) is 19.4 Å². The van der Waals surface area contributed by atoms with Crippen LogP contribution in [0.1, 0.15) is 13.8 Å². The lowest BCUT2D eigenvalue weighted by molar-refractivity contribution is -0.129. The third-order valence-electron chi connectivity index (χ3n) is 3.87. The quantitative estimate of drug-likeness (QED) is 0.298. The lowest BCUT2D eigenvalue weighted by Crippen LogP contribution is -2.61. The molecule has 0 saturated carbocycles. The molecule has 22 heavy (non-hydrogen) atoms. The number of nitrogens with zero attached hydrogens (tertiary/aromatic N) is 3. The Morgan fingerprint density at radius 1 is 1.23 bits per heavy atom. The average molecular weight is 426 g/mol. The normalized spacial score (nSPS) is 16.7. The lowest BCUT2D eigenvalue weighted by Gasteiger charge is -2.43. The van der Waals surface area contributed by atoms with E-state index < -0.39 is 5.54 Å². The molecule has 1 saturated heterocycles. The highest BCUT2D eigenvalue weighted by Gasteiger charge is 2.35. The Bertz CT molecular complexity index is 419. The summed E-state index contributed by atoms with van der Waals surface area (Å²) in [6.07, 6.45) is 0. The second-order valence-electron chi connectivity index (χ2n) is 5.47. The van der Waals surface area contributed by atoms with Gasteiger partial charge < -0.3 is 21.3 Å². The summed E-state index contributed by atoms with van der Waals surface area (Å²) in [7, 11) is 3.28. The Labute approximate surface area is 148 Å². The molecule has 4 N–H and O–H groups in total. The number of nitrogens with one attached hydrogen (secondary N) is 2. The molecule has 9 heteroatoms. The summed E-state index contributed by atoms with van der Waals surface area (Å²) in [5.74, 6) is 0.276. The van der Waals surface area contributed by atoms with Gasteiger partial charge in [0.1, 0.15) is 0 Å². The van der Waals surface area contributed by atoms with Crippen LogP contribution in [-0.2, 0) is 9.59 Å². The second-order valence-corrected chi connectivity index (χ2v) is 5.47. The van der Waals surface area contributed by atoms with Crippen LogP contribution in [0.5, 0.6) is 0 Å². The van der Waals surface area contributed by atoms with E-state index in [1.54, 1.807) is 14.1 Å². The zero-order valence-electron chi connectivity index (χ0n) is 13.7. The fourth-order valence-electron chi connectivity index (χ4n) is 2.21. The molecule has 0 aromatic rings. The highest BCUT2D eigenvalue weighted by Crippen LogP contribution is 2.16. The van der Waals surface area contributed by atoms with Gasteiger partial charge in [0.05, 0.1) is 12.1 Å². The van der Waals surface area contributed by atoms with Crippen molar-refractivity contribution in [1.29, 1.82) is 0 Å². The largest absolute Gasteiger partial charge is 0.368 e. The molecule has 1 heterocycles. The van der Waals surface area contributed by atoms with Gasteiger partial charge in [0, 0.05) is 40.3 Å². The minimum absolute atomic E-state index is 0. The molecule has 128 valence electrons. The van der Waals surface area contributed by atoms with E-state index in [0.717, 1.165) is 26.2 Å². The first kappa shape index (κ1) is 20.9. The molecule has 0 aromatic carbocycles. The Kier molecular flexibility index (Phi) is 8.68. The minimum Gasteiger partial charge on any atom is -0.368 e. The van der Waals surface area contributed by atoms with E-state index in [0.29, 0.717) is 5.96 Å². The summed E-state index contributed by atoms with van der Waals surface area (Å²) in [5, 5.41) is 5.57. The fourth-order valence-corrected chi connectivity index (χ4v) is 2.21. The Hall–Kier alpha value is -1.10. The number of hydrogen-bond donors (Lipinski definition) is 3. The molecule has 2 amide bonds. The van der Waals surface area contributed by atoms with Crippen molar-refractivity contribution >= 4 is 41.8 Å². The zero-order valence-corrected chi connectivity index (χ0v) is 16.0. The molecule has 1 rings (SSSR count). The fraction of sp³-hybridized carbons (Fsp3) is 0.769. The molecular formula is C13H27IN6O2. The first-order chi connectivity index (χ1) is 9.82. The number of amides is 2. The van der Waals surface area contributed by atoms with Gasteiger partial charge in [0.25, 0.3) is 0 Å². The zero-order chi connectivity index (χ0) is 16.0. The molecule has 0 aliphatic carbocycles. The first-order valence-corrected chi connectivity index (χ1v) is 7.04. The third kappa shape index (κ3) is 5.27. The maximum absolute atomic E-state index is 11.5. The number of likely N-dealkylation sites (N-methyl/N-ethyl adjacent to an activating group) is 1. The van der Waals surface area contributed by atoms with Crippen molar-refractivity contribution in [3.8, 4) is 0 Å². The molecule has 8 nitrogen and oxygen atoms in total. The standard InChI is InChI=1S/C13H26N6O2.HI/c1-13(2,11(14)21)19-7-5-18(6-8-19)12(16-4)17-9-10(20)15-3;/h5-9H2,1-4H3,(H2,14,21)(H,15,20)(H,16,17);1H. The van der Waals surface area contributed by atoms with E-state index in [9.17, 15) is 9.59 Å². The number of halogens is 1. The highest BCUT2D eigenvalue weighted by molar-refractivity contribution is 14.0. The first-order valence-electron chi connectivity index (χ1n) is 7.04. The minimum atomic E-state index is -0.648. The predicted octanol–water partition coefficient (Wildman–Crippen LogP) is -1.19. The Balaban J connectivity index is 0.00000441. The maximum atomic E-state index is 11.5. The number of guanidine groups is 1. The molecule has 1 fully saturated rings. The number of piperazine rings is 1. The van der Waals surface area contributed by atoms with E-state index in [-0.39, 0.29) is 42.3 Å². The summed E-state index contributed by atoms with van der Waals surface area (Å²) in [4.78, 5) is 31.1. The molecular weight excluding hydrogens is 399 g/mol. The number of primary amides is 1. The number of carbonyl (C=O) groups excluding carboxylic acids is 2. The molecule has 0 atom stereocenters. The van der Waals surface area contributed by atoms with Gasteiger partial charge in [0.2, 0.25) is 11.8 Å². The van der Waals surface area contributed by atoms with Crippen LogP contribution in [0.4, 0.5) is 0 Å². The molecule has 1 aliphatic heterocycles. The summed E-state index contributed by atoms with van der Waals surface area (Å²) in [6, 6.07) is 0. The van der Waals surface area contributed by atoms with E-state index >= 15 is 0 Å². The Morgan fingerprint density at radius 3 is 2.18 bits per heavy atom. The van der Waals surface area contributed by atoms with Gasteiger partial charge in [-0.15, -0.1) is 24.0 Å². The van der Waals surface area contributed by atoms with E-state index in [2.05, 4.69) is 25.4 Å². The van der Waals surface area contributed by atoms with Gasteiger partial charge in [-0.05, 0) is 13.8 Å². The van der Waals surface area contributed by atoms with Crippen LogP contribution < -0.4 is 16.4 Å². The molecule has 1 aliphatic rings. The van der Waals surface area contributed by atoms with Gasteiger partial charge in [-0.3, -0.25) is 19.5 Å². The molecule has 0 unspecified atom stereocenters. The highest BCUT2D eigenvalue weighted by atomic mass is 127.